The van der Waals surface area contributed by atoms with Gasteiger partial charge in [-0.2, -0.15) is 0 Å². The largest absolute Gasteiger partial charge is 0.490 e. The summed E-state index contributed by atoms with van der Waals surface area (Å²) in [5, 5.41) is 19.2. The molecule has 1 aliphatic heterocycles. The van der Waals surface area contributed by atoms with Crippen molar-refractivity contribution < 1.29 is 24.4 Å². The quantitative estimate of drug-likeness (QED) is 0.501. The number of carboxylic acid groups (broad SMARTS) is 1. The van der Waals surface area contributed by atoms with Crippen molar-refractivity contribution in [2.45, 2.75) is 0 Å². The molecule has 0 bridgehead atoms. The second-order valence-electron chi connectivity index (χ2n) is 3.92. The molecular weight excluding hydrogens is 268 g/mol. The first kappa shape index (κ1) is 13.5. The number of benzene rings is 1. The Balaban J connectivity index is 2.35. The number of rotatable bonds is 3. The molecular formula is C12H10N2O6. The van der Waals surface area contributed by atoms with Crippen molar-refractivity contribution in [3.8, 4) is 5.75 Å². The van der Waals surface area contributed by atoms with Gasteiger partial charge in [0.15, 0.2) is 0 Å². The van der Waals surface area contributed by atoms with E-state index in [9.17, 15) is 19.7 Å². The summed E-state index contributed by atoms with van der Waals surface area (Å²) >= 11 is 0. The number of hydrogen-bond acceptors (Lipinski definition) is 5. The zero-order valence-corrected chi connectivity index (χ0v) is 10.2. The average Bonchev–Trinajstić information content (AvgIpc) is 2.43. The van der Waals surface area contributed by atoms with Crippen LogP contribution in [0.4, 0.5) is 11.4 Å². The summed E-state index contributed by atoms with van der Waals surface area (Å²) in [6.45, 7) is 0.425. The number of aliphatic carboxylic acids is 1. The topological polar surface area (TPSA) is 110 Å². The number of nitro groups is 1. The fourth-order valence-corrected chi connectivity index (χ4v) is 1.78. The van der Waals surface area contributed by atoms with E-state index >= 15 is 0 Å². The third-order valence-corrected chi connectivity index (χ3v) is 2.65. The van der Waals surface area contributed by atoms with E-state index in [1.165, 1.54) is 23.1 Å². The van der Waals surface area contributed by atoms with E-state index in [0.717, 1.165) is 12.2 Å². The number of non-ortho nitro benzene ring substituents is 1. The number of ether oxygens (including phenoxy) is 1. The molecule has 0 fully saturated rings. The maximum absolute atomic E-state index is 11.9. The zero-order chi connectivity index (χ0) is 14.7. The number of hydrogen-bond donors (Lipinski definition) is 1. The molecule has 0 aromatic heterocycles. The van der Waals surface area contributed by atoms with Gasteiger partial charge in [-0.05, 0) is 6.07 Å². The third-order valence-electron chi connectivity index (χ3n) is 2.65. The van der Waals surface area contributed by atoms with Crippen molar-refractivity contribution in [3.63, 3.8) is 0 Å². The van der Waals surface area contributed by atoms with Crippen LogP contribution in [-0.4, -0.2) is 35.1 Å². The second-order valence-corrected chi connectivity index (χ2v) is 3.92. The number of carbonyl (C=O) groups excluding carboxylic acids is 1. The summed E-state index contributed by atoms with van der Waals surface area (Å²) in [5.74, 6) is -1.47. The van der Waals surface area contributed by atoms with Crippen LogP contribution in [0.3, 0.4) is 0 Å². The lowest BCUT2D eigenvalue weighted by Crippen LogP contribution is -2.37. The summed E-state index contributed by atoms with van der Waals surface area (Å²) in [4.78, 5) is 33.7. The normalized spacial score (nSPS) is 13.7. The Morgan fingerprint density at radius 3 is 2.80 bits per heavy atom. The highest BCUT2D eigenvalue weighted by Gasteiger charge is 2.24. The minimum atomic E-state index is -1.24. The Labute approximate surface area is 113 Å². The Bertz CT molecular complexity index is 610. The molecule has 1 aromatic rings. The van der Waals surface area contributed by atoms with Gasteiger partial charge in [-0.25, -0.2) is 4.79 Å². The van der Waals surface area contributed by atoms with E-state index in [2.05, 4.69) is 0 Å². The van der Waals surface area contributed by atoms with Crippen LogP contribution in [0.25, 0.3) is 0 Å². The lowest BCUT2D eigenvalue weighted by Gasteiger charge is -2.28. The zero-order valence-electron chi connectivity index (χ0n) is 10.2. The van der Waals surface area contributed by atoms with Crippen LogP contribution in [0.1, 0.15) is 0 Å². The average molecular weight is 278 g/mol. The lowest BCUT2D eigenvalue weighted by molar-refractivity contribution is -0.384. The molecule has 8 nitrogen and oxygen atoms in total. The van der Waals surface area contributed by atoms with Crippen LogP contribution in [0.2, 0.25) is 0 Å². The highest BCUT2D eigenvalue weighted by Crippen LogP contribution is 2.34. The standard InChI is InChI=1S/C12H10N2O6/c15-11(3-4-12(16)17)13-5-6-20-10-2-1-8(14(18)19)7-9(10)13/h1-4,7H,5-6H2,(H,16,17)/b4-3+. The van der Waals surface area contributed by atoms with Crippen molar-refractivity contribution in [2.24, 2.45) is 0 Å². The molecule has 20 heavy (non-hydrogen) atoms. The van der Waals surface area contributed by atoms with Crippen molar-refractivity contribution in [1.82, 2.24) is 0 Å². The Morgan fingerprint density at radius 1 is 1.40 bits per heavy atom. The van der Waals surface area contributed by atoms with Crippen molar-refractivity contribution in [3.05, 3.63) is 40.5 Å². The highest BCUT2D eigenvalue weighted by atomic mass is 16.6. The fraction of sp³-hybridized carbons (Fsp3) is 0.167. The molecule has 0 saturated heterocycles. The van der Waals surface area contributed by atoms with Crippen molar-refractivity contribution in [2.75, 3.05) is 18.1 Å². The van der Waals surface area contributed by atoms with E-state index in [0.29, 0.717) is 5.75 Å². The smallest absolute Gasteiger partial charge is 0.328 e. The molecule has 0 spiro atoms. The lowest BCUT2D eigenvalue weighted by atomic mass is 10.2. The van der Waals surface area contributed by atoms with Gasteiger partial charge >= 0.3 is 5.97 Å². The van der Waals surface area contributed by atoms with Gasteiger partial charge in [0.05, 0.1) is 17.2 Å². The molecule has 2 rings (SSSR count). The molecule has 1 amide bonds. The van der Waals surface area contributed by atoms with E-state index in [1.54, 1.807) is 0 Å². The van der Waals surface area contributed by atoms with Gasteiger partial charge < -0.3 is 14.7 Å². The molecule has 1 aromatic carbocycles. The Hall–Kier alpha value is -2.90. The third kappa shape index (κ3) is 2.74. The van der Waals surface area contributed by atoms with Crippen molar-refractivity contribution >= 4 is 23.3 Å². The van der Waals surface area contributed by atoms with Crippen LogP contribution in [-0.2, 0) is 9.59 Å². The van der Waals surface area contributed by atoms with Crippen LogP contribution in [0.15, 0.2) is 30.4 Å². The van der Waals surface area contributed by atoms with E-state index < -0.39 is 16.8 Å². The highest BCUT2D eigenvalue weighted by molar-refractivity contribution is 6.05. The maximum Gasteiger partial charge on any atom is 0.328 e. The summed E-state index contributed by atoms with van der Waals surface area (Å²) in [6.07, 6.45) is 1.62. The number of nitrogens with zero attached hydrogens (tertiary/aromatic N) is 2. The fourth-order valence-electron chi connectivity index (χ4n) is 1.78. The van der Waals surface area contributed by atoms with Crippen LogP contribution < -0.4 is 9.64 Å². The van der Waals surface area contributed by atoms with Gasteiger partial charge in [-0.3, -0.25) is 14.9 Å². The second kappa shape index (κ2) is 5.39. The van der Waals surface area contributed by atoms with Gasteiger partial charge in [0, 0.05) is 24.3 Å². The molecule has 0 atom stereocenters. The summed E-state index contributed by atoms with van der Waals surface area (Å²) in [6, 6.07) is 3.91. The summed E-state index contributed by atoms with van der Waals surface area (Å²) < 4.78 is 5.31. The minimum Gasteiger partial charge on any atom is -0.490 e. The number of amides is 1. The predicted octanol–water partition coefficient (Wildman–Crippen LogP) is 0.961. The molecule has 1 aliphatic rings. The minimum absolute atomic E-state index is 0.172. The van der Waals surface area contributed by atoms with Crippen LogP contribution in [0.5, 0.6) is 5.75 Å². The van der Waals surface area contributed by atoms with Gasteiger partial charge in [0.2, 0.25) is 0 Å². The van der Waals surface area contributed by atoms with E-state index in [4.69, 9.17) is 9.84 Å². The van der Waals surface area contributed by atoms with Gasteiger partial charge in [0.1, 0.15) is 12.4 Å². The first-order chi connectivity index (χ1) is 9.49. The molecule has 0 unspecified atom stereocenters. The van der Waals surface area contributed by atoms with Gasteiger partial charge in [0.25, 0.3) is 11.6 Å². The molecule has 0 aliphatic carbocycles. The van der Waals surface area contributed by atoms with Crippen LogP contribution >= 0.6 is 0 Å². The van der Waals surface area contributed by atoms with E-state index in [1.807, 2.05) is 0 Å². The molecule has 1 heterocycles. The number of carboxylic acids is 1. The first-order valence-corrected chi connectivity index (χ1v) is 5.63. The molecule has 0 saturated carbocycles. The predicted molar refractivity (Wildman–Crippen MR) is 67.7 cm³/mol. The Kier molecular flexibility index (Phi) is 3.65. The molecule has 8 heteroatoms. The molecule has 0 radical (unpaired) electrons. The van der Waals surface area contributed by atoms with Gasteiger partial charge in [-0.1, -0.05) is 0 Å². The van der Waals surface area contributed by atoms with Crippen molar-refractivity contribution in [1.29, 1.82) is 0 Å². The van der Waals surface area contributed by atoms with E-state index in [-0.39, 0.29) is 24.5 Å². The SMILES string of the molecule is O=C(O)/C=C/C(=O)N1CCOc2ccc([N+](=O)[O-])cc21. The first-order valence-electron chi connectivity index (χ1n) is 5.63. The monoisotopic (exact) mass is 278 g/mol. The summed E-state index contributed by atoms with van der Waals surface area (Å²) in [7, 11) is 0. The number of carbonyl (C=O) groups is 2. The number of fused-ring (bicyclic) bond motifs is 1. The number of anilines is 1. The van der Waals surface area contributed by atoms with Gasteiger partial charge in [-0.15, -0.1) is 0 Å². The summed E-state index contributed by atoms with van der Waals surface area (Å²) in [5.41, 5.74) is 0.0831. The Morgan fingerprint density at radius 2 is 2.15 bits per heavy atom. The maximum atomic E-state index is 11.9. The number of nitro benzene ring substituents is 1. The molecule has 1 N–H and O–H groups in total. The molecule has 104 valence electrons. The van der Waals surface area contributed by atoms with Crippen LogP contribution in [0, 0.1) is 10.1 Å².